The van der Waals surface area contributed by atoms with E-state index in [1.54, 1.807) is 29.1 Å². The van der Waals surface area contributed by atoms with Crippen molar-refractivity contribution in [2.75, 3.05) is 5.73 Å². The van der Waals surface area contributed by atoms with Crippen LogP contribution in [0.4, 0.5) is 5.82 Å². The molecule has 0 aliphatic carbocycles. The Hall–Kier alpha value is -1.19. The minimum absolute atomic E-state index is 0.500. The Morgan fingerprint density at radius 1 is 1.27 bits per heavy atom. The van der Waals surface area contributed by atoms with E-state index in [1.807, 2.05) is 6.07 Å². The van der Waals surface area contributed by atoms with Crippen LogP contribution in [-0.2, 0) is 6.54 Å². The lowest BCUT2D eigenvalue weighted by Gasteiger charge is -2.04. The van der Waals surface area contributed by atoms with Gasteiger partial charge >= 0.3 is 0 Å². The van der Waals surface area contributed by atoms with E-state index in [0.717, 1.165) is 5.56 Å². The van der Waals surface area contributed by atoms with Crippen LogP contribution in [0, 0.1) is 0 Å². The molecule has 0 unspecified atom stereocenters. The Labute approximate surface area is 97.4 Å². The van der Waals surface area contributed by atoms with E-state index in [0.29, 0.717) is 22.4 Å². The molecule has 0 saturated carbocycles. The zero-order valence-corrected chi connectivity index (χ0v) is 9.33. The maximum absolute atomic E-state index is 6.03. The summed E-state index contributed by atoms with van der Waals surface area (Å²) in [6, 6.07) is 7.13. The smallest absolute Gasteiger partial charge is 0.145 e. The van der Waals surface area contributed by atoms with Gasteiger partial charge in [-0.1, -0.05) is 29.3 Å². The summed E-state index contributed by atoms with van der Waals surface area (Å²) < 4.78 is 1.73. The first kappa shape index (κ1) is 10.3. The van der Waals surface area contributed by atoms with Crippen molar-refractivity contribution in [1.82, 2.24) is 9.78 Å². The molecule has 1 aromatic carbocycles. The highest BCUT2D eigenvalue weighted by atomic mass is 35.5. The predicted molar refractivity (Wildman–Crippen MR) is 62.2 cm³/mol. The highest BCUT2D eigenvalue weighted by Gasteiger charge is 2.02. The summed E-state index contributed by atoms with van der Waals surface area (Å²) in [6.45, 7) is 0.590. The van der Waals surface area contributed by atoms with Crippen molar-refractivity contribution < 1.29 is 0 Å². The number of nitrogen functional groups attached to an aromatic ring is 1. The fraction of sp³-hybridized carbons (Fsp3) is 0.100. The number of rotatable bonds is 2. The van der Waals surface area contributed by atoms with Crippen molar-refractivity contribution in [1.29, 1.82) is 0 Å². The molecule has 0 aliphatic heterocycles. The number of hydrogen-bond donors (Lipinski definition) is 1. The summed E-state index contributed by atoms with van der Waals surface area (Å²) in [6.07, 6.45) is 1.81. The Kier molecular flexibility index (Phi) is 2.84. The molecular formula is C10H9Cl2N3. The molecule has 1 heterocycles. The summed E-state index contributed by atoms with van der Waals surface area (Å²) in [5.74, 6) is 0.500. The van der Waals surface area contributed by atoms with Crippen molar-refractivity contribution in [3.05, 3.63) is 46.1 Å². The molecule has 0 radical (unpaired) electrons. The summed E-state index contributed by atoms with van der Waals surface area (Å²) in [7, 11) is 0. The van der Waals surface area contributed by atoms with Crippen molar-refractivity contribution in [3.8, 4) is 0 Å². The quantitative estimate of drug-likeness (QED) is 0.879. The molecule has 5 heteroatoms. The van der Waals surface area contributed by atoms with Crippen LogP contribution in [0.3, 0.4) is 0 Å². The lowest BCUT2D eigenvalue weighted by atomic mass is 10.2. The molecule has 0 fully saturated rings. The molecule has 0 aliphatic rings. The molecule has 0 bridgehead atoms. The maximum Gasteiger partial charge on any atom is 0.145 e. The second kappa shape index (κ2) is 4.13. The first-order valence-electron chi connectivity index (χ1n) is 4.38. The third kappa shape index (κ3) is 2.43. The Balaban J connectivity index is 2.24. The van der Waals surface area contributed by atoms with Crippen LogP contribution in [0.15, 0.2) is 30.5 Å². The fourth-order valence-corrected chi connectivity index (χ4v) is 1.76. The molecule has 2 rings (SSSR count). The van der Waals surface area contributed by atoms with Gasteiger partial charge in [-0.2, -0.15) is 5.10 Å². The summed E-state index contributed by atoms with van der Waals surface area (Å²) in [5.41, 5.74) is 6.47. The lowest BCUT2D eigenvalue weighted by molar-refractivity contribution is 0.690. The summed E-state index contributed by atoms with van der Waals surface area (Å²) in [4.78, 5) is 0. The zero-order chi connectivity index (χ0) is 10.8. The molecular weight excluding hydrogens is 233 g/mol. The van der Waals surface area contributed by atoms with Crippen molar-refractivity contribution in [2.24, 2.45) is 0 Å². The van der Waals surface area contributed by atoms with Gasteiger partial charge in [-0.25, -0.2) is 0 Å². The molecule has 1 aromatic heterocycles. The first-order chi connectivity index (χ1) is 7.15. The molecule has 2 aromatic rings. The summed E-state index contributed by atoms with van der Waals surface area (Å²) in [5, 5.41) is 5.34. The van der Waals surface area contributed by atoms with Crippen molar-refractivity contribution in [3.63, 3.8) is 0 Å². The van der Waals surface area contributed by atoms with Gasteiger partial charge in [0.2, 0.25) is 0 Å². The molecule has 2 N–H and O–H groups in total. The van der Waals surface area contributed by atoms with Gasteiger partial charge in [-0.05, 0) is 23.8 Å². The van der Waals surface area contributed by atoms with E-state index in [9.17, 15) is 0 Å². The third-order valence-electron chi connectivity index (χ3n) is 2.01. The van der Waals surface area contributed by atoms with Gasteiger partial charge in [-0.3, -0.25) is 4.68 Å². The predicted octanol–water partition coefficient (Wildman–Crippen LogP) is 2.82. The number of aromatic nitrogens is 2. The van der Waals surface area contributed by atoms with Gasteiger partial charge in [0, 0.05) is 16.2 Å². The van der Waals surface area contributed by atoms with Gasteiger partial charge in [0.15, 0.2) is 0 Å². The topological polar surface area (TPSA) is 43.8 Å². The van der Waals surface area contributed by atoms with Crippen molar-refractivity contribution in [2.45, 2.75) is 6.54 Å². The molecule has 0 atom stereocenters. The second-order valence-electron chi connectivity index (χ2n) is 3.17. The second-order valence-corrected chi connectivity index (χ2v) is 4.02. The molecule has 0 spiro atoms. The Morgan fingerprint density at radius 3 is 2.67 bits per heavy atom. The molecule has 0 saturated heterocycles. The molecule has 15 heavy (non-hydrogen) atoms. The largest absolute Gasteiger partial charge is 0.382 e. The average Bonchev–Trinajstić information content (AvgIpc) is 2.56. The number of hydrogen-bond acceptors (Lipinski definition) is 2. The Morgan fingerprint density at radius 2 is 2.07 bits per heavy atom. The van der Waals surface area contributed by atoms with Gasteiger partial charge in [-0.15, -0.1) is 0 Å². The fourth-order valence-electron chi connectivity index (χ4n) is 1.29. The van der Waals surface area contributed by atoms with Crippen LogP contribution >= 0.6 is 23.2 Å². The third-order valence-corrected chi connectivity index (χ3v) is 2.60. The van der Waals surface area contributed by atoms with E-state index >= 15 is 0 Å². The van der Waals surface area contributed by atoms with Crippen LogP contribution in [0.5, 0.6) is 0 Å². The number of nitrogens with zero attached hydrogens (tertiary/aromatic N) is 2. The minimum atomic E-state index is 0.500. The monoisotopic (exact) mass is 241 g/mol. The number of benzene rings is 1. The first-order valence-corrected chi connectivity index (χ1v) is 5.13. The highest BCUT2D eigenvalue weighted by molar-refractivity contribution is 6.35. The van der Waals surface area contributed by atoms with Crippen LogP contribution in [0.2, 0.25) is 10.0 Å². The lowest BCUT2D eigenvalue weighted by Crippen LogP contribution is -2.01. The van der Waals surface area contributed by atoms with Crippen molar-refractivity contribution >= 4 is 29.0 Å². The highest BCUT2D eigenvalue weighted by Crippen LogP contribution is 2.21. The van der Waals surface area contributed by atoms with Gasteiger partial charge in [0.05, 0.1) is 6.54 Å². The minimum Gasteiger partial charge on any atom is -0.382 e. The van der Waals surface area contributed by atoms with Crippen LogP contribution in [0.1, 0.15) is 5.56 Å². The number of halogens is 2. The molecule has 0 amide bonds. The van der Waals surface area contributed by atoms with Crippen LogP contribution in [0.25, 0.3) is 0 Å². The number of anilines is 1. The summed E-state index contributed by atoms with van der Waals surface area (Å²) >= 11 is 11.8. The van der Waals surface area contributed by atoms with E-state index < -0.39 is 0 Å². The van der Waals surface area contributed by atoms with E-state index in [4.69, 9.17) is 28.9 Å². The molecule has 78 valence electrons. The molecule has 3 nitrogen and oxygen atoms in total. The van der Waals surface area contributed by atoms with Crippen LogP contribution in [-0.4, -0.2) is 9.78 Å². The normalized spacial score (nSPS) is 10.5. The van der Waals surface area contributed by atoms with Gasteiger partial charge in [0.1, 0.15) is 5.82 Å². The standard InChI is InChI=1S/C10H9Cl2N3/c11-8-2-1-7(9(12)5-8)6-15-4-3-10(13)14-15/h1-5H,6H2,(H2,13,14). The van der Waals surface area contributed by atoms with Gasteiger partial charge in [0.25, 0.3) is 0 Å². The van der Waals surface area contributed by atoms with E-state index in [-0.39, 0.29) is 0 Å². The maximum atomic E-state index is 6.03. The van der Waals surface area contributed by atoms with E-state index in [2.05, 4.69) is 5.10 Å². The number of nitrogens with two attached hydrogens (primary N) is 1. The van der Waals surface area contributed by atoms with Crippen LogP contribution < -0.4 is 5.73 Å². The van der Waals surface area contributed by atoms with E-state index in [1.165, 1.54) is 0 Å². The SMILES string of the molecule is Nc1ccn(Cc2ccc(Cl)cc2Cl)n1. The Bertz CT molecular complexity index is 479. The zero-order valence-electron chi connectivity index (χ0n) is 7.82. The van der Waals surface area contributed by atoms with Gasteiger partial charge < -0.3 is 5.73 Å². The average molecular weight is 242 g/mol.